The molecule has 0 saturated carbocycles. The fraction of sp³-hybridized carbons (Fsp3) is 0.300. The van der Waals surface area contributed by atoms with Gasteiger partial charge >= 0.3 is 6.03 Å². The van der Waals surface area contributed by atoms with E-state index >= 15 is 0 Å². The molecule has 2 amide bonds. The standard InChI is InChI=1S/C20H22N4O4S/c1-29(26,27)23-16-5-4-12-24(13-16)20(25)21-15-10-8-14(9-11-15)19-22-17-6-2-3-7-18(17)28-19/h2-3,6-11,16,23H,4-5,12-13H2,1H3,(H,21,25)/t16-/m0/s1. The second-order valence-electron chi connectivity index (χ2n) is 7.17. The molecule has 152 valence electrons. The number of aromatic nitrogens is 1. The number of nitrogens with one attached hydrogen (secondary N) is 2. The minimum absolute atomic E-state index is 0.250. The van der Waals surface area contributed by atoms with Crippen LogP contribution in [0.1, 0.15) is 12.8 Å². The summed E-state index contributed by atoms with van der Waals surface area (Å²) in [5.74, 6) is 0.523. The van der Waals surface area contributed by atoms with Gasteiger partial charge in [0.15, 0.2) is 5.58 Å². The molecule has 29 heavy (non-hydrogen) atoms. The molecule has 1 aliphatic rings. The fourth-order valence-electron chi connectivity index (χ4n) is 3.45. The number of sulfonamides is 1. The van der Waals surface area contributed by atoms with Crippen molar-refractivity contribution in [3.8, 4) is 11.5 Å². The highest BCUT2D eigenvalue weighted by Crippen LogP contribution is 2.25. The van der Waals surface area contributed by atoms with Gasteiger partial charge in [0, 0.05) is 30.4 Å². The maximum absolute atomic E-state index is 12.6. The first-order chi connectivity index (χ1) is 13.9. The Labute approximate surface area is 169 Å². The van der Waals surface area contributed by atoms with Gasteiger partial charge in [-0.2, -0.15) is 0 Å². The normalized spacial score (nSPS) is 17.4. The predicted molar refractivity (Wildman–Crippen MR) is 111 cm³/mol. The number of benzene rings is 2. The van der Waals surface area contributed by atoms with Gasteiger partial charge < -0.3 is 14.6 Å². The SMILES string of the molecule is CS(=O)(=O)N[C@H]1CCCN(C(=O)Nc2ccc(-c3nc4ccccc4o3)cc2)C1. The fourth-order valence-corrected chi connectivity index (χ4v) is 4.25. The molecule has 9 heteroatoms. The van der Waals surface area contributed by atoms with Crippen molar-refractivity contribution in [3.63, 3.8) is 0 Å². The average molecular weight is 414 g/mol. The predicted octanol–water partition coefficient (Wildman–Crippen LogP) is 3.04. The van der Waals surface area contributed by atoms with Crippen molar-refractivity contribution in [1.82, 2.24) is 14.6 Å². The third-order valence-electron chi connectivity index (χ3n) is 4.77. The van der Waals surface area contributed by atoms with Crippen LogP contribution in [-0.4, -0.2) is 49.7 Å². The van der Waals surface area contributed by atoms with Crippen molar-refractivity contribution >= 4 is 32.8 Å². The smallest absolute Gasteiger partial charge is 0.321 e. The van der Waals surface area contributed by atoms with Crippen LogP contribution in [0.3, 0.4) is 0 Å². The molecular weight excluding hydrogens is 392 g/mol. The maximum Gasteiger partial charge on any atom is 0.321 e. The summed E-state index contributed by atoms with van der Waals surface area (Å²) in [6, 6.07) is 14.3. The van der Waals surface area contributed by atoms with Gasteiger partial charge in [-0.3, -0.25) is 0 Å². The van der Waals surface area contributed by atoms with E-state index in [0.29, 0.717) is 24.7 Å². The van der Waals surface area contributed by atoms with Crippen LogP contribution >= 0.6 is 0 Å². The Morgan fingerprint density at radius 2 is 1.93 bits per heavy atom. The first-order valence-corrected chi connectivity index (χ1v) is 11.3. The van der Waals surface area contributed by atoms with Crippen LogP contribution in [0.25, 0.3) is 22.6 Å². The monoisotopic (exact) mass is 414 g/mol. The average Bonchev–Trinajstić information content (AvgIpc) is 3.11. The summed E-state index contributed by atoms with van der Waals surface area (Å²) >= 11 is 0. The molecule has 0 spiro atoms. The number of para-hydroxylation sites is 2. The Bertz CT molecular complexity index is 1090. The molecule has 2 N–H and O–H groups in total. The molecule has 0 unspecified atom stereocenters. The number of anilines is 1. The lowest BCUT2D eigenvalue weighted by atomic mass is 10.1. The molecular formula is C20H22N4O4S. The Morgan fingerprint density at radius 3 is 2.66 bits per heavy atom. The summed E-state index contributed by atoms with van der Waals surface area (Å²) in [6.45, 7) is 0.939. The highest BCUT2D eigenvalue weighted by atomic mass is 32.2. The Morgan fingerprint density at radius 1 is 1.17 bits per heavy atom. The summed E-state index contributed by atoms with van der Waals surface area (Å²) < 4.78 is 31.2. The van der Waals surface area contributed by atoms with Gasteiger partial charge in [-0.05, 0) is 49.2 Å². The minimum atomic E-state index is -3.30. The van der Waals surface area contributed by atoms with Crippen LogP contribution in [0, 0.1) is 0 Å². The number of amides is 2. The lowest BCUT2D eigenvalue weighted by molar-refractivity contribution is 0.190. The highest BCUT2D eigenvalue weighted by Gasteiger charge is 2.25. The van der Waals surface area contributed by atoms with E-state index < -0.39 is 10.0 Å². The number of piperidine rings is 1. The molecule has 0 aliphatic carbocycles. The summed E-state index contributed by atoms with van der Waals surface area (Å²) in [6.07, 6.45) is 2.59. The zero-order chi connectivity index (χ0) is 20.4. The topological polar surface area (TPSA) is 105 Å². The highest BCUT2D eigenvalue weighted by molar-refractivity contribution is 7.88. The number of rotatable bonds is 4. The van der Waals surface area contributed by atoms with E-state index in [2.05, 4.69) is 15.0 Å². The molecule has 3 aromatic rings. The van der Waals surface area contributed by atoms with Crippen LogP contribution in [0.2, 0.25) is 0 Å². The van der Waals surface area contributed by atoms with Crippen LogP contribution in [0.15, 0.2) is 52.9 Å². The first kappa shape index (κ1) is 19.4. The number of hydrogen-bond acceptors (Lipinski definition) is 5. The minimum Gasteiger partial charge on any atom is -0.436 e. The van der Waals surface area contributed by atoms with E-state index in [0.717, 1.165) is 35.8 Å². The lowest BCUT2D eigenvalue weighted by Crippen LogP contribution is -2.50. The second kappa shape index (κ2) is 7.84. The number of fused-ring (bicyclic) bond motifs is 1. The number of oxazole rings is 1. The third-order valence-corrected chi connectivity index (χ3v) is 5.53. The van der Waals surface area contributed by atoms with E-state index in [1.54, 1.807) is 17.0 Å². The van der Waals surface area contributed by atoms with Gasteiger partial charge in [0.25, 0.3) is 0 Å². The summed E-state index contributed by atoms with van der Waals surface area (Å²) in [5.41, 5.74) is 2.98. The molecule has 8 nitrogen and oxygen atoms in total. The van der Waals surface area contributed by atoms with Crippen LogP contribution in [-0.2, 0) is 10.0 Å². The number of carbonyl (C=O) groups excluding carboxylic acids is 1. The number of likely N-dealkylation sites (tertiary alicyclic amines) is 1. The summed E-state index contributed by atoms with van der Waals surface area (Å²) in [7, 11) is -3.30. The van der Waals surface area contributed by atoms with Crippen molar-refractivity contribution in [3.05, 3.63) is 48.5 Å². The van der Waals surface area contributed by atoms with Crippen LogP contribution < -0.4 is 10.0 Å². The largest absolute Gasteiger partial charge is 0.436 e. The molecule has 1 aromatic heterocycles. The number of urea groups is 1. The molecule has 4 rings (SSSR count). The Hall–Kier alpha value is -2.91. The van der Waals surface area contributed by atoms with Crippen molar-refractivity contribution in [2.45, 2.75) is 18.9 Å². The molecule has 1 fully saturated rings. The van der Waals surface area contributed by atoms with Crippen LogP contribution in [0.5, 0.6) is 0 Å². The zero-order valence-electron chi connectivity index (χ0n) is 16.0. The molecule has 0 radical (unpaired) electrons. The summed E-state index contributed by atoms with van der Waals surface area (Å²) in [5, 5.41) is 2.86. The first-order valence-electron chi connectivity index (χ1n) is 9.37. The quantitative estimate of drug-likeness (QED) is 0.683. The zero-order valence-corrected chi connectivity index (χ0v) is 16.8. The van der Waals surface area contributed by atoms with Gasteiger partial charge in [-0.15, -0.1) is 0 Å². The van der Waals surface area contributed by atoms with Crippen molar-refractivity contribution in [2.24, 2.45) is 0 Å². The Kier molecular flexibility index (Phi) is 5.25. The van der Waals surface area contributed by atoms with Gasteiger partial charge in [0.05, 0.1) is 6.26 Å². The molecule has 2 aromatic carbocycles. The molecule has 1 aliphatic heterocycles. The van der Waals surface area contributed by atoms with E-state index in [9.17, 15) is 13.2 Å². The number of carbonyl (C=O) groups is 1. The van der Waals surface area contributed by atoms with Gasteiger partial charge in [0.1, 0.15) is 5.52 Å². The summed E-state index contributed by atoms with van der Waals surface area (Å²) in [4.78, 5) is 18.7. The third kappa shape index (κ3) is 4.75. The van der Waals surface area contributed by atoms with E-state index in [1.165, 1.54) is 0 Å². The Balaban J connectivity index is 1.41. The van der Waals surface area contributed by atoms with Crippen molar-refractivity contribution in [2.75, 3.05) is 24.7 Å². The van der Waals surface area contributed by atoms with Gasteiger partial charge in [-0.1, -0.05) is 12.1 Å². The van der Waals surface area contributed by atoms with Gasteiger partial charge in [0.2, 0.25) is 15.9 Å². The van der Waals surface area contributed by atoms with Crippen molar-refractivity contribution < 1.29 is 17.6 Å². The maximum atomic E-state index is 12.6. The van der Waals surface area contributed by atoms with E-state index in [1.807, 2.05) is 36.4 Å². The van der Waals surface area contributed by atoms with E-state index in [4.69, 9.17) is 4.42 Å². The van der Waals surface area contributed by atoms with Gasteiger partial charge in [-0.25, -0.2) is 22.9 Å². The lowest BCUT2D eigenvalue weighted by Gasteiger charge is -2.32. The van der Waals surface area contributed by atoms with Crippen LogP contribution in [0.4, 0.5) is 10.5 Å². The molecule has 0 bridgehead atoms. The second-order valence-corrected chi connectivity index (χ2v) is 8.95. The molecule has 2 heterocycles. The molecule has 1 saturated heterocycles. The molecule has 1 atom stereocenters. The number of hydrogen-bond donors (Lipinski definition) is 2. The van der Waals surface area contributed by atoms with Crippen molar-refractivity contribution in [1.29, 1.82) is 0 Å². The van der Waals surface area contributed by atoms with E-state index in [-0.39, 0.29) is 12.1 Å². The number of nitrogens with zero attached hydrogens (tertiary/aromatic N) is 2.